The number of non-ortho nitro benzene ring substituents is 1. The number of fused-ring (bicyclic) bond motifs is 1. The summed E-state index contributed by atoms with van der Waals surface area (Å²) in [5, 5.41) is 11.3. The summed E-state index contributed by atoms with van der Waals surface area (Å²) in [7, 11) is 0. The topological polar surface area (TPSA) is 55.6 Å². The van der Waals surface area contributed by atoms with Gasteiger partial charge >= 0.3 is 0 Å². The molecule has 1 aliphatic heterocycles. The number of hydrogen-bond donors (Lipinski definition) is 0. The van der Waals surface area contributed by atoms with Gasteiger partial charge in [0.15, 0.2) is 5.75 Å². The maximum absolute atomic E-state index is 11.3. The minimum atomic E-state index is -0.387. The van der Waals surface area contributed by atoms with Gasteiger partial charge in [0, 0.05) is 18.7 Å². The van der Waals surface area contributed by atoms with E-state index in [0.717, 1.165) is 11.1 Å². The van der Waals surface area contributed by atoms with Crippen LogP contribution in [-0.2, 0) is 6.54 Å². The van der Waals surface area contributed by atoms with Crippen molar-refractivity contribution in [2.24, 2.45) is 0 Å². The van der Waals surface area contributed by atoms with Gasteiger partial charge in [-0.2, -0.15) is 0 Å². The molecule has 4 rings (SSSR count). The average Bonchev–Trinajstić information content (AvgIpc) is 2.69. The number of anilines is 1. The van der Waals surface area contributed by atoms with Crippen molar-refractivity contribution < 1.29 is 9.66 Å². The molecule has 0 saturated carbocycles. The van der Waals surface area contributed by atoms with Gasteiger partial charge in [0.1, 0.15) is 11.8 Å². The van der Waals surface area contributed by atoms with E-state index in [1.165, 1.54) is 6.07 Å². The van der Waals surface area contributed by atoms with Crippen molar-refractivity contribution >= 4 is 11.4 Å². The molecule has 1 heterocycles. The molecule has 3 aromatic carbocycles. The van der Waals surface area contributed by atoms with E-state index in [1.807, 2.05) is 60.7 Å². The monoisotopic (exact) mass is 358 g/mol. The summed E-state index contributed by atoms with van der Waals surface area (Å²) in [4.78, 5) is 13.0. The minimum absolute atomic E-state index is 0.0368. The molecule has 1 aliphatic rings. The van der Waals surface area contributed by atoms with Crippen molar-refractivity contribution in [3.8, 4) is 5.75 Å². The predicted octanol–water partition coefficient (Wildman–Crippen LogP) is 5.25. The smallest absolute Gasteiger partial charge is 0.271 e. The van der Waals surface area contributed by atoms with Gasteiger partial charge in [0.2, 0.25) is 0 Å². The molecule has 3 aromatic rings. The molecule has 27 heavy (non-hydrogen) atoms. The summed E-state index contributed by atoms with van der Waals surface area (Å²) in [6.45, 7) is 4.70. The first-order valence-electron chi connectivity index (χ1n) is 8.64. The summed E-state index contributed by atoms with van der Waals surface area (Å²) in [6.07, 6.45) is 0. The Morgan fingerprint density at radius 2 is 1.67 bits per heavy atom. The quantitative estimate of drug-likeness (QED) is 0.472. The highest BCUT2D eigenvalue weighted by Gasteiger charge is 2.33. The standard InChI is InChI=1S/C22H18N2O3/c1-16-22(18-10-6-3-7-11-18)23(15-17-8-4-2-5-9-17)20-14-19(24(25)26)12-13-21(20)27-16/h2-14,22H,1,15H2/t22-/m1/s1. The van der Waals surface area contributed by atoms with Crippen LogP contribution in [0.25, 0.3) is 0 Å². The number of ether oxygens (including phenoxy) is 1. The Labute approximate surface area is 157 Å². The largest absolute Gasteiger partial charge is 0.458 e. The Hall–Kier alpha value is -3.60. The molecule has 5 heteroatoms. The number of rotatable bonds is 4. The van der Waals surface area contributed by atoms with Gasteiger partial charge in [-0.15, -0.1) is 0 Å². The van der Waals surface area contributed by atoms with Crippen LogP contribution in [-0.4, -0.2) is 4.92 Å². The normalized spacial score (nSPS) is 15.8. The molecule has 0 aliphatic carbocycles. The fraction of sp³-hybridized carbons (Fsp3) is 0.0909. The van der Waals surface area contributed by atoms with Crippen molar-refractivity contribution in [2.75, 3.05) is 4.90 Å². The second-order valence-electron chi connectivity index (χ2n) is 6.40. The van der Waals surface area contributed by atoms with Crippen LogP contribution in [0.5, 0.6) is 5.75 Å². The lowest BCUT2D eigenvalue weighted by Crippen LogP contribution is -2.34. The van der Waals surface area contributed by atoms with E-state index in [1.54, 1.807) is 12.1 Å². The Balaban J connectivity index is 1.85. The lowest BCUT2D eigenvalue weighted by molar-refractivity contribution is -0.384. The van der Waals surface area contributed by atoms with Crippen molar-refractivity contribution in [2.45, 2.75) is 12.6 Å². The maximum atomic E-state index is 11.3. The van der Waals surface area contributed by atoms with Gasteiger partial charge in [-0.05, 0) is 17.2 Å². The molecule has 0 bridgehead atoms. The first-order chi connectivity index (χ1) is 13.1. The molecule has 0 saturated heterocycles. The van der Waals surface area contributed by atoms with Crippen LogP contribution in [0.2, 0.25) is 0 Å². The number of benzene rings is 3. The van der Waals surface area contributed by atoms with E-state index in [9.17, 15) is 10.1 Å². The number of hydrogen-bond acceptors (Lipinski definition) is 4. The minimum Gasteiger partial charge on any atom is -0.458 e. The van der Waals surface area contributed by atoms with Crippen LogP contribution in [0.1, 0.15) is 17.2 Å². The summed E-state index contributed by atoms with van der Waals surface area (Å²) < 4.78 is 5.94. The predicted molar refractivity (Wildman–Crippen MR) is 105 cm³/mol. The summed E-state index contributed by atoms with van der Waals surface area (Å²) in [5.74, 6) is 1.17. The molecule has 0 fully saturated rings. The van der Waals surface area contributed by atoms with Crippen molar-refractivity contribution in [3.05, 3.63) is 112 Å². The van der Waals surface area contributed by atoms with Crippen molar-refractivity contribution in [3.63, 3.8) is 0 Å². The second kappa shape index (κ2) is 6.96. The summed E-state index contributed by atoms with van der Waals surface area (Å²) in [6, 6.07) is 24.3. The molecule has 0 N–H and O–H groups in total. The zero-order valence-electron chi connectivity index (χ0n) is 14.6. The molecule has 0 spiro atoms. The number of nitro groups is 1. The lowest BCUT2D eigenvalue weighted by atomic mass is 9.99. The van der Waals surface area contributed by atoms with Crippen LogP contribution < -0.4 is 9.64 Å². The third kappa shape index (κ3) is 3.27. The van der Waals surface area contributed by atoms with Crippen LogP contribution >= 0.6 is 0 Å². The van der Waals surface area contributed by atoms with Gasteiger partial charge in [-0.25, -0.2) is 0 Å². The summed E-state index contributed by atoms with van der Waals surface area (Å²) in [5.41, 5.74) is 2.85. The molecular formula is C22H18N2O3. The molecular weight excluding hydrogens is 340 g/mol. The molecule has 0 amide bonds. The van der Waals surface area contributed by atoms with Crippen molar-refractivity contribution in [1.29, 1.82) is 0 Å². The van der Waals surface area contributed by atoms with E-state index in [0.29, 0.717) is 23.7 Å². The highest BCUT2D eigenvalue weighted by atomic mass is 16.6. The third-order valence-electron chi connectivity index (χ3n) is 4.63. The maximum Gasteiger partial charge on any atom is 0.271 e. The van der Waals surface area contributed by atoms with Crippen LogP contribution in [0.4, 0.5) is 11.4 Å². The van der Waals surface area contributed by atoms with Gasteiger partial charge in [-0.3, -0.25) is 10.1 Å². The van der Waals surface area contributed by atoms with Crippen LogP contribution in [0, 0.1) is 10.1 Å². The van der Waals surface area contributed by atoms with E-state index < -0.39 is 0 Å². The fourth-order valence-corrected chi connectivity index (χ4v) is 3.40. The lowest BCUT2D eigenvalue weighted by Gasteiger charge is -2.39. The first kappa shape index (κ1) is 16.8. The fourth-order valence-electron chi connectivity index (χ4n) is 3.40. The van der Waals surface area contributed by atoms with Crippen molar-refractivity contribution in [1.82, 2.24) is 0 Å². The zero-order valence-corrected chi connectivity index (χ0v) is 14.6. The SMILES string of the molecule is C=C1Oc2ccc([N+](=O)[O-])cc2N(Cc2ccccc2)[C@H]1c1ccccc1. The second-order valence-corrected chi connectivity index (χ2v) is 6.40. The highest BCUT2D eigenvalue weighted by molar-refractivity contribution is 5.67. The first-order valence-corrected chi connectivity index (χ1v) is 8.64. The molecule has 134 valence electrons. The Kier molecular flexibility index (Phi) is 4.34. The molecule has 1 atom stereocenters. The Bertz CT molecular complexity index is 987. The van der Waals surface area contributed by atoms with E-state index in [-0.39, 0.29) is 16.7 Å². The Morgan fingerprint density at radius 1 is 1.00 bits per heavy atom. The average molecular weight is 358 g/mol. The van der Waals surface area contributed by atoms with E-state index >= 15 is 0 Å². The van der Waals surface area contributed by atoms with Crippen LogP contribution in [0.15, 0.2) is 91.2 Å². The van der Waals surface area contributed by atoms with Gasteiger partial charge in [-0.1, -0.05) is 67.2 Å². The Morgan fingerprint density at radius 3 is 2.33 bits per heavy atom. The molecule has 0 aromatic heterocycles. The number of nitro benzene ring substituents is 1. The van der Waals surface area contributed by atoms with E-state index in [4.69, 9.17) is 4.74 Å². The summed E-state index contributed by atoms with van der Waals surface area (Å²) >= 11 is 0. The third-order valence-corrected chi connectivity index (χ3v) is 4.63. The molecule has 5 nitrogen and oxygen atoms in total. The van der Waals surface area contributed by atoms with Gasteiger partial charge < -0.3 is 9.64 Å². The van der Waals surface area contributed by atoms with Gasteiger partial charge in [0.05, 0.1) is 10.6 Å². The van der Waals surface area contributed by atoms with E-state index in [2.05, 4.69) is 11.5 Å². The number of nitrogens with zero attached hydrogens (tertiary/aromatic N) is 2. The zero-order chi connectivity index (χ0) is 18.8. The highest BCUT2D eigenvalue weighted by Crippen LogP contribution is 2.45. The van der Waals surface area contributed by atoms with Gasteiger partial charge in [0.25, 0.3) is 5.69 Å². The molecule has 0 unspecified atom stereocenters. The van der Waals surface area contributed by atoms with Crippen LogP contribution in [0.3, 0.4) is 0 Å². The molecule has 0 radical (unpaired) electrons.